The predicted molar refractivity (Wildman–Crippen MR) is 66.0 cm³/mol. The summed E-state index contributed by atoms with van der Waals surface area (Å²) in [5, 5.41) is 14.6. The van der Waals surface area contributed by atoms with Gasteiger partial charge in [0.25, 0.3) is 0 Å². The summed E-state index contributed by atoms with van der Waals surface area (Å²) in [6.07, 6.45) is 3.29. The molecule has 2 fully saturated rings. The number of aliphatic hydroxyl groups is 1. The third-order valence-corrected chi connectivity index (χ3v) is 3.50. The van der Waals surface area contributed by atoms with Gasteiger partial charge in [-0.3, -0.25) is 15.0 Å². The van der Waals surface area contributed by atoms with Gasteiger partial charge < -0.3 is 10.4 Å². The van der Waals surface area contributed by atoms with Crippen molar-refractivity contribution in [2.45, 2.75) is 50.8 Å². The fourth-order valence-electron chi connectivity index (χ4n) is 2.17. The molecular formula is C12H21N3O3. The molecule has 1 saturated carbocycles. The summed E-state index contributed by atoms with van der Waals surface area (Å²) in [4.78, 5) is 25.2. The smallest absolute Gasteiger partial charge is 0.321 e. The van der Waals surface area contributed by atoms with Crippen LogP contribution >= 0.6 is 0 Å². The molecule has 0 aromatic rings. The summed E-state index contributed by atoms with van der Waals surface area (Å²) >= 11 is 0. The average molecular weight is 255 g/mol. The van der Waals surface area contributed by atoms with Crippen molar-refractivity contribution in [3.05, 3.63) is 0 Å². The molecule has 0 radical (unpaired) electrons. The summed E-state index contributed by atoms with van der Waals surface area (Å²) in [7, 11) is 0. The molecule has 1 saturated heterocycles. The van der Waals surface area contributed by atoms with Crippen LogP contribution < -0.4 is 10.6 Å². The Morgan fingerprint density at radius 1 is 1.33 bits per heavy atom. The van der Waals surface area contributed by atoms with Crippen molar-refractivity contribution in [3.63, 3.8) is 0 Å². The fourth-order valence-corrected chi connectivity index (χ4v) is 2.17. The zero-order valence-corrected chi connectivity index (χ0v) is 10.7. The van der Waals surface area contributed by atoms with E-state index in [-0.39, 0.29) is 24.1 Å². The van der Waals surface area contributed by atoms with E-state index in [1.165, 1.54) is 0 Å². The van der Waals surface area contributed by atoms with E-state index in [1.54, 1.807) is 6.92 Å². The van der Waals surface area contributed by atoms with E-state index in [0.717, 1.165) is 32.2 Å². The Balaban J connectivity index is 1.77. The van der Waals surface area contributed by atoms with E-state index in [1.807, 2.05) is 4.90 Å². The maximum absolute atomic E-state index is 11.9. The zero-order valence-electron chi connectivity index (χ0n) is 10.7. The number of nitrogens with zero attached hydrogens (tertiary/aromatic N) is 1. The van der Waals surface area contributed by atoms with Gasteiger partial charge in [-0.2, -0.15) is 0 Å². The van der Waals surface area contributed by atoms with Crippen molar-refractivity contribution in [3.8, 4) is 0 Å². The van der Waals surface area contributed by atoms with Gasteiger partial charge in [-0.05, 0) is 39.2 Å². The summed E-state index contributed by atoms with van der Waals surface area (Å²) in [6.45, 7) is 3.05. The minimum Gasteiger partial charge on any atom is -0.392 e. The van der Waals surface area contributed by atoms with Crippen molar-refractivity contribution < 1.29 is 14.7 Å². The van der Waals surface area contributed by atoms with Crippen molar-refractivity contribution in [2.24, 2.45) is 0 Å². The van der Waals surface area contributed by atoms with Crippen LogP contribution in [0.15, 0.2) is 0 Å². The topological polar surface area (TPSA) is 81.7 Å². The van der Waals surface area contributed by atoms with Crippen molar-refractivity contribution in [2.75, 3.05) is 13.1 Å². The van der Waals surface area contributed by atoms with Gasteiger partial charge in [0.15, 0.2) is 0 Å². The maximum Gasteiger partial charge on any atom is 0.321 e. The Bertz CT molecular complexity index is 331. The molecule has 0 unspecified atom stereocenters. The predicted octanol–water partition coefficient (Wildman–Crippen LogP) is -0.180. The SMILES string of the molecule is C[C@@H](C(=O)NC(=O)NC1CC1)N1CCC[C@@H](O)C1. The lowest BCUT2D eigenvalue weighted by molar-refractivity contribution is -0.125. The Hall–Kier alpha value is -1.14. The number of imide groups is 1. The van der Waals surface area contributed by atoms with Gasteiger partial charge in [-0.25, -0.2) is 4.79 Å². The lowest BCUT2D eigenvalue weighted by Crippen LogP contribution is -2.53. The molecule has 0 aromatic heterocycles. The van der Waals surface area contributed by atoms with E-state index in [0.29, 0.717) is 6.54 Å². The number of nitrogens with one attached hydrogen (secondary N) is 2. The molecule has 0 bridgehead atoms. The number of urea groups is 1. The monoisotopic (exact) mass is 255 g/mol. The average Bonchev–Trinajstić information content (AvgIpc) is 3.11. The molecule has 0 aromatic carbocycles. The van der Waals surface area contributed by atoms with Crippen LogP contribution in [0.4, 0.5) is 4.79 Å². The largest absolute Gasteiger partial charge is 0.392 e. The summed E-state index contributed by atoms with van der Waals surface area (Å²) < 4.78 is 0. The van der Waals surface area contributed by atoms with E-state index >= 15 is 0 Å². The van der Waals surface area contributed by atoms with Gasteiger partial charge in [0.1, 0.15) is 0 Å². The highest BCUT2D eigenvalue weighted by Crippen LogP contribution is 2.18. The number of carbonyl (C=O) groups is 2. The molecule has 0 spiro atoms. The van der Waals surface area contributed by atoms with E-state index in [2.05, 4.69) is 10.6 Å². The summed E-state index contributed by atoms with van der Waals surface area (Å²) in [6, 6.07) is -0.554. The van der Waals surface area contributed by atoms with Gasteiger partial charge in [-0.15, -0.1) is 0 Å². The number of aliphatic hydroxyl groups excluding tert-OH is 1. The molecule has 102 valence electrons. The van der Waals surface area contributed by atoms with Gasteiger partial charge in [-0.1, -0.05) is 0 Å². The minimum atomic E-state index is -0.410. The highest BCUT2D eigenvalue weighted by Gasteiger charge is 2.29. The second kappa shape index (κ2) is 5.67. The van der Waals surface area contributed by atoms with Crippen LogP contribution in [-0.2, 0) is 4.79 Å². The first-order valence-electron chi connectivity index (χ1n) is 6.59. The standard InChI is InChI=1S/C12H21N3O3/c1-8(15-6-2-3-10(16)7-15)11(17)14-12(18)13-9-4-5-9/h8-10,16H,2-7H2,1H3,(H2,13,14,17,18)/t8-,10+/m0/s1. The Kier molecular flexibility index (Phi) is 4.19. The summed E-state index contributed by atoms with van der Waals surface area (Å²) in [5.74, 6) is -0.303. The number of rotatable bonds is 3. The minimum absolute atomic E-state index is 0.241. The van der Waals surface area contributed by atoms with E-state index < -0.39 is 6.03 Å². The first-order chi connectivity index (χ1) is 8.56. The number of β-amino-alcohol motifs (C(OH)–C–C–N with tert-alkyl or cyclic N) is 1. The Labute approximate surface area is 107 Å². The fraction of sp³-hybridized carbons (Fsp3) is 0.833. The lowest BCUT2D eigenvalue weighted by atomic mass is 10.1. The van der Waals surface area contributed by atoms with Crippen LogP contribution in [0.25, 0.3) is 0 Å². The second-order valence-corrected chi connectivity index (χ2v) is 5.20. The van der Waals surface area contributed by atoms with Gasteiger partial charge in [0.2, 0.25) is 5.91 Å². The quantitative estimate of drug-likeness (QED) is 0.653. The molecule has 6 heteroatoms. The second-order valence-electron chi connectivity index (χ2n) is 5.20. The first kappa shape index (κ1) is 13.3. The molecule has 3 N–H and O–H groups in total. The number of hydrogen-bond donors (Lipinski definition) is 3. The number of amides is 3. The first-order valence-corrected chi connectivity index (χ1v) is 6.59. The van der Waals surface area contributed by atoms with Crippen molar-refractivity contribution in [1.29, 1.82) is 0 Å². The van der Waals surface area contributed by atoms with Crippen molar-refractivity contribution in [1.82, 2.24) is 15.5 Å². The molecule has 2 rings (SSSR count). The molecule has 18 heavy (non-hydrogen) atoms. The highest BCUT2D eigenvalue weighted by molar-refractivity contribution is 5.96. The van der Waals surface area contributed by atoms with Crippen LogP contribution in [0.5, 0.6) is 0 Å². The molecule has 2 atom stereocenters. The number of likely N-dealkylation sites (tertiary alicyclic amines) is 1. The maximum atomic E-state index is 11.9. The normalized spacial score (nSPS) is 26.4. The Morgan fingerprint density at radius 3 is 2.67 bits per heavy atom. The van der Waals surface area contributed by atoms with Crippen LogP contribution in [0.3, 0.4) is 0 Å². The van der Waals surface area contributed by atoms with Crippen molar-refractivity contribution >= 4 is 11.9 Å². The highest BCUT2D eigenvalue weighted by atomic mass is 16.3. The van der Waals surface area contributed by atoms with Gasteiger partial charge in [0, 0.05) is 12.6 Å². The van der Waals surface area contributed by atoms with Crippen LogP contribution in [-0.4, -0.2) is 53.2 Å². The van der Waals surface area contributed by atoms with Gasteiger partial charge in [0.05, 0.1) is 12.1 Å². The molecule has 6 nitrogen and oxygen atoms in total. The number of carbonyl (C=O) groups excluding carboxylic acids is 2. The molecule has 1 aliphatic heterocycles. The van der Waals surface area contributed by atoms with E-state index in [9.17, 15) is 14.7 Å². The molecular weight excluding hydrogens is 234 g/mol. The molecule has 1 aliphatic carbocycles. The van der Waals surface area contributed by atoms with E-state index in [4.69, 9.17) is 0 Å². The van der Waals surface area contributed by atoms with Crippen LogP contribution in [0.1, 0.15) is 32.6 Å². The lowest BCUT2D eigenvalue weighted by Gasteiger charge is -2.33. The Morgan fingerprint density at radius 2 is 2.06 bits per heavy atom. The molecule has 1 heterocycles. The molecule has 2 aliphatic rings. The third-order valence-electron chi connectivity index (χ3n) is 3.50. The van der Waals surface area contributed by atoms with Crippen LogP contribution in [0.2, 0.25) is 0 Å². The summed E-state index contributed by atoms with van der Waals surface area (Å²) in [5.41, 5.74) is 0. The number of hydrogen-bond acceptors (Lipinski definition) is 4. The third kappa shape index (κ3) is 3.68. The zero-order chi connectivity index (χ0) is 13.1. The number of piperidine rings is 1. The molecule has 3 amide bonds. The van der Waals surface area contributed by atoms with Crippen LogP contribution in [0, 0.1) is 0 Å². The van der Waals surface area contributed by atoms with Gasteiger partial charge >= 0.3 is 6.03 Å².